The molecule has 1 aromatic rings. The molecule has 0 bridgehead atoms. The number of methoxy groups -OCH3 is 1. The third-order valence-electron chi connectivity index (χ3n) is 3.81. The number of aliphatic hydroxyl groups excluding tert-OH is 1. The second-order valence-electron chi connectivity index (χ2n) is 4.88. The molecule has 1 aliphatic rings. The van der Waals surface area contributed by atoms with E-state index in [1.165, 1.54) is 0 Å². The van der Waals surface area contributed by atoms with Gasteiger partial charge in [0.25, 0.3) is 0 Å². The zero-order valence-corrected chi connectivity index (χ0v) is 10.5. The number of nitrogen functional groups attached to an aromatic ring is 1. The highest BCUT2D eigenvalue weighted by atomic mass is 16.5. The molecule has 96 valence electrons. The molecular formula is C14H18N2O2. The molecule has 0 aliphatic heterocycles. The molecule has 3 N–H and O–H groups in total. The smallest absolute Gasteiger partial charge is 0.142 e. The van der Waals surface area contributed by atoms with Gasteiger partial charge in [-0.05, 0) is 43.4 Å². The van der Waals surface area contributed by atoms with Crippen molar-refractivity contribution in [2.45, 2.75) is 37.2 Å². The molecule has 0 atom stereocenters. The average molecular weight is 246 g/mol. The van der Waals surface area contributed by atoms with E-state index in [0.29, 0.717) is 37.1 Å². The largest absolute Gasteiger partial charge is 0.495 e. The molecule has 0 radical (unpaired) electrons. The molecule has 0 spiro atoms. The first-order chi connectivity index (χ1) is 8.61. The summed E-state index contributed by atoms with van der Waals surface area (Å²) in [5, 5.41) is 19.1. The lowest BCUT2D eigenvalue weighted by Crippen LogP contribution is -2.32. The van der Waals surface area contributed by atoms with Gasteiger partial charge in [-0.3, -0.25) is 0 Å². The van der Waals surface area contributed by atoms with E-state index in [9.17, 15) is 10.4 Å². The van der Waals surface area contributed by atoms with Gasteiger partial charge in [-0.2, -0.15) is 5.26 Å². The van der Waals surface area contributed by atoms with Crippen molar-refractivity contribution in [3.63, 3.8) is 0 Å². The van der Waals surface area contributed by atoms with E-state index in [0.717, 1.165) is 5.56 Å². The zero-order valence-electron chi connectivity index (χ0n) is 10.5. The van der Waals surface area contributed by atoms with E-state index < -0.39 is 5.41 Å². The van der Waals surface area contributed by atoms with E-state index in [2.05, 4.69) is 6.07 Å². The van der Waals surface area contributed by atoms with Gasteiger partial charge in [0.15, 0.2) is 0 Å². The summed E-state index contributed by atoms with van der Waals surface area (Å²) in [5.41, 5.74) is 6.78. The predicted octanol–water partition coefficient (Wildman–Crippen LogP) is 1.97. The zero-order chi connectivity index (χ0) is 13.2. The Morgan fingerprint density at radius 1 is 1.44 bits per heavy atom. The highest BCUT2D eigenvalue weighted by Gasteiger charge is 2.37. The minimum Gasteiger partial charge on any atom is -0.495 e. The molecule has 2 rings (SSSR count). The minimum atomic E-state index is -0.514. The third-order valence-corrected chi connectivity index (χ3v) is 3.81. The minimum absolute atomic E-state index is 0.276. The van der Waals surface area contributed by atoms with Crippen LogP contribution in [0.5, 0.6) is 5.75 Å². The van der Waals surface area contributed by atoms with Gasteiger partial charge in [0.05, 0.1) is 30.4 Å². The molecule has 1 fully saturated rings. The molecule has 1 aliphatic carbocycles. The number of nitrogens with two attached hydrogens (primary N) is 1. The van der Waals surface area contributed by atoms with Gasteiger partial charge in [-0.15, -0.1) is 0 Å². The number of aliphatic hydroxyl groups is 1. The number of hydrogen-bond acceptors (Lipinski definition) is 4. The highest BCUT2D eigenvalue weighted by molar-refractivity contribution is 5.56. The second-order valence-corrected chi connectivity index (χ2v) is 4.88. The van der Waals surface area contributed by atoms with Crippen molar-refractivity contribution in [1.29, 1.82) is 5.26 Å². The van der Waals surface area contributed by atoms with Crippen LogP contribution >= 0.6 is 0 Å². The SMILES string of the molecule is COc1cc(C2(C#N)CCC(O)CC2)ccc1N. The van der Waals surface area contributed by atoms with Crippen molar-refractivity contribution < 1.29 is 9.84 Å². The fraction of sp³-hybridized carbons (Fsp3) is 0.500. The van der Waals surface area contributed by atoms with Crippen LogP contribution in [0.15, 0.2) is 18.2 Å². The van der Waals surface area contributed by atoms with E-state index in [1.54, 1.807) is 13.2 Å². The summed E-state index contributed by atoms with van der Waals surface area (Å²) in [6, 6.07) is 7.92. The Bertz CT molecular complexity index is 471. The van der Waals surface area contributed by atoms with Gasteiger partial charge in [-0.1, -0.05) is 6.07 Å². The monoisotopic (exact) mass is 246 g/mol. The Labute approximate surface area is 107 Å². The Morgan fingerprint density at radius 2 is 2.11 bits per heavy atom. The number of anilines is 1. The molecule has 1 saturated carbocycles. The van der Waals surface area contributed by atoms with Crippen molar-refractivity contribution in [2.75, 3.05) is 12.8 Å². The van der Waals surface area contributed by atoms with Crippen molar-refractivity contribution in [3.05, 3.63) is 23.8 Å². The van der Waals surface area contributed by atoms with Crippen LogP contribution < -0.4 is 10.5 Å². The fourth-order valence-electron chi connectivity index (χ4n) is 2.57. The summed E-state index contributed by atoms with van der Waals surface area (Å²) < 4.78 is 5.20. The predicted molar refractivity (Wildman–Crippen MR) is 69.2 cm³/mol. The topological polar surface area (TPSA) is 79.3 Å². The molecule has 0 unspecified atom stereocenters. The number of rotatable bonds is 2. The first-order valence-corrected chi connectivity index (χ1v) is 6.14. The fourth-order valence-corrected chi connectivity index (χ4v) is 2.57. The maximum Gasteiger partial charge on any atom is 0.142 e. The summed E-state index contributed by atoms with van der Waals surface area (Å²) in [5.74, 6) is 0.605. The number of nitriles is 1. The molecule has 0 amide bonds. The van der Waals surface area contributed by atoms with Gasteiger partial charge < -0.3 is 15.6 Å². The van der Waals surface area contributed by atoms with E-state index in [4.69, 9.17) is 10.5 Å². The molecule has 1 aromatic carbocycles. The second kappa shape index (κ2) is 4.87. The quantitative estimate of drug-likeness (QED) is 0.782. The van der Waals surface area contributed by atoms with Gasteiger partial charge in [0, 0.05) is 0 Å². The van der Waals surface area contributed by atoms with Crippen LogP contribution in [0.1, 0.15) is 31.2 Å². The molecule has 0 saturated heterocycles. The lowest BCUT2D eigenvalue weighted by atomic mass is 9.70. The van der Waals surface area contributed by atoms with Crippen molar-refractivity contribution in [1.82, 2.24) is 0 Å². The lowest BCUT2D eigenvalue weighted by Gasteiger charge is -2.33. The molecule has 4 heteroatoms. The molecule has 18 heavy (non-hydrogen) atoms. The first-order valence-electron chi connectivity index (χ1n) is 6.14. The van der Waals surface area contributed by atoms with Crippen molar-refractivity contribution in [3.8, 4) is 11.8 Å². The number of hydrogen-bond donors (Lipinski definition) is 2. The Morgan fingerprint density at radius 3 is 2.67 bits per heavy atom. The van der Waals surface area contributed by atoms with Crippen LogP contribution in [-0.2, 0) is 5.41 Å². The van der Waals surface area contributed by atoms with Gasteiger partial charge >= 0.3 is 0 Å². The van der Waals surface area contributed by atoms with Crippen molar-refractivity contribution in [2.24, 2.45) is 0 Å². The number of ether oxygens (including phenoxy) is 1. The van der Waals surface area contributed by atoms with E-state index >= 15 is 0 Å². The normalized spacial score (nSPS) is 27.5. The molecule has 4 nitrogen and oxygen atoms in total. The van der Waals surface area contributed by atoms with Crippen molar-refractivity contribution >= 4 is 5.69 Å². The van der Waals surface area contributed by atoms with Crippen LogP contribution in [0.3, 0.4) is 0 Å². The van der Waals surface area contributed by atoms with Crippen LogP contribution in [0.2, 0.25) is 0 Å². The summed E-state index contributed by atoms with van der Waals surface area (Å²) in [7, 11) is 1.57. The summed E-state index contributed by atoms with van der Waals surface area (Å²) >= 11 is 0. The Balaban J connectivity index is 2.36. The van der Waals surface area contributed by atoms with Gasteiger partial charge in [-0.25, -0.2) is 0 Å². The summed E-state index contributed by atoms with van der Waals surface area (Å²) in [4.78, 5) is 0. The summed E-state index contributed by atoms with van der Waals surface area (Å²) in [6.07, 6.45) is 2.41. The van der Waals surface area contributed by atoms with Crippen LogP contribution in [-0.4, -0.2) is 18.3 Å². The first kappa shape index (κ1) is 12.7. The number of nitrogens with zero attached hydrogens (tertiary/aromatic N) is 1. The van der Waals surface area contributed by atoms with Crippen LogP contribution in [0.4, 0.5) is 5.69 Å². The summed E-state index contributed by atoms with van der Waals surface area (Å²) in [6.45, 7) is 0. The molecular weight excluding hydrogens is 228 g/mol. The van der Waals surface area contributed by atoms with E-state index in [1.807, 2.05) is 12.1 Å². The Kier molecular flexibility index (Phi) is 3.44. The van der Waals surface area contributed by atoms with Crippen LogP contribution in [0, 0.1) is 11.3 Å². The molecule has 0 heterocycles. The van der Waals surface area contributed by atoms with E-state index in [-0.39, 0.29) is 6.10 Å². The lowest BCUT2D eigenvalue weighted by molar-refractivity contribution is 0.109. The Hall–Kier alpha value is -1.73. The highest BCUT2D eigenvalue weighted by Crippen LogP contribution is 2.41. The maximum atomic E-state index is 9.57. The third kappa shape index (κ3) is 2.14. The average Bonchev–Trinajstić information content (AvgIpc) is 2.41. The number of benzene rings is 1. The van der Waals surface area contributed by atoms with Gasteiger partial charge in [0.2, 0.25) is 0 Å². The molecule has 0 aromatic heterocycles. The standard InChI is InChI=1S/C14H18N2O2/c1-18-13-8-10(2-3-12(13)16)14(9-15)6-4-11(17)5-7-14/h2-3,8,11,17H,4-7,16H2,1H3. The van der Waals surface area contributed by atoms with Gasteiger partial charge in [0.1, 0.15) is 5.75 Å². The van der Waals surface area contributed by atoms with Crippen LogP contribution in [0.25, 0.3) is 0 Å². The maximum absolute atomic E-state index is 9.57.